The zero-order valence-corrected chi connectivity index (χ0v) is 12.8. The fraction of sp³-hybridized carbons (Fsp3) is 0.231. The van der Waals surface area contributed by atoms with Crippen LogP contribution in [0.15, 0.2) is 39.8 Å². The monoisotopic (exact) mass is 332 g/mol. The second-order valence-corrected chi connectivity index (χ2v) is 6.63. The van der Waals surface area contributed by atoms with E-state index in [0.29, 0.717) is 5.76 Å². The van der Waals surface area contributed by atoms with Gasteiger partial charge in [0, 0.05) is 6.54 Å². The number of halogens is 2. The van der Waals surface area contributed by atoms with E-state index in [0.717, 1.165) is 12.1 Å². The first-order valence-corrected chi connectivity index (χ1v) is 7.95. The van der Waals surface area contributed by atoms with Gasteiger partial charge in [-0.1, -0.05) is 18.5 Å². The van der Waals surface area contributed by atoms with Gasteiger partial charge in [-0.15, -0.1) is 0 Å². The van der Waals surface area contributed by atoms with Gasteiger partial charge in [-0.2, -0.15) is 4.31 Å². The molecule has 0 saturated carbocycles. The molecule has 0 radical (unpaired) electrons. The average Bonchev–Trinajstić information content (AvgIpc) is 2.92. The van der Waals surface area contributed by atoms with Gasteiger partial charge in [0.15, 0.2) is 0 Å². The predicted octanol–water partition coefficient (Wildman–Crippen LogP) is 2.87. The van der Waals surface area contributed by atoms with Gasteiger partial charge in [0.25, 0.3) is 0 Å². The van der Waals surface area contributed by atoms with Crippen molar-refractivity contribution in [3.05, 3.63) is 47.1 Å². The van der Waals surface area contributed by atoms with Crippen molar-refractivity contribution in [2.45, 2.75) is 18.4 Å². The van der Waals surface area contributed by atoms with Crippen molar-refractivity contribution >= 4 is 27.3 Å². The van der Waals surface area contributed by atoms with E-state index >= 15 is 0 Å². The minimum Gasteiger partial charge on any atom is -0.468 e. The lowest BCUT2D eigenvalue weighted by atomic mass is 10.3. The number of anilines is 1. The Bertz CT molecular complexity index is 732. The van der Waals surface area contributed by atoms with E-state index in [1.807, 2.05) is 0 Å². The number of rotatable bonds is 5. The topological polar surface area (TPSA) is 76.5 Å². The molecule has 114 valence electrons. The van der Waals surface area contributed by atoms with Gasteiger partial charge in [0.05, 0.1) is 23.5 Å². The van der Waals surface area contributed by atoms with Crippen molar-refractivity contribution in [3.63, 3.8) is 0 Å². The van der Waals surface area contributed by atoms with E-state index in [1.165, 1.54) is 10.6 Å². The molecule has 0 saturated heterocycles. The van der Waals surface area contributed by atoms with Crippen molar-refractivity contribution < 1.29 is 17.2 Å². The molecule has 0 aliphatic heterocycles. The molecule has 0 fully saturated rings. The summed E-state index contributed by atoms with van der Waals surface area (Å²) in [6.07, 6.45) is 1.46. The Morgan fingerprint density at radius 3 is 2.71 bits per heavy atom. The van der Waals surface area contributed by atoms with Crippen LogP contribution < -0.4 is 5.73 Å². The Balaban J connectivity index is 2.42. The molecule has 0 aliphatic rings. The summed E-state index contributed by atoms with van der Waals surface area (Å²) in [5.41, 5.74) is 5.16. The SMILES string of the molecule is CCN(Cc1ccco1)S(=O)(=O)c1cc(N)c(F)cc1Cl. The van der Waals surface area contributed by atoms with Gasteiger partial charge in [-0.25, -0.2) is 12.8 Å². The first-order valence-electron chi connectivity index (χ1n) is 6.13. The van der Waals surface area contributed by atoms with Crippen LogP contribution >= 0.6 is 11.6 Å². The van der Waals surface area contributed by atoms with Crippen molar-refractivity contribution in [1.82, 2.24) is 4.31 Å². The maximum atomic E-state index is 13.3. The molecule has 1 aromatic carbocycles. The van der Waals surface area contributed by atoms with Gasteiger partial charge >= 0.3 is 0 Å². The van der Waals surface area contributed by atoms with Crippen molar-refractivity contribution in [1.29, 1.82) is 0 Å². The third kappa shape index (κ3) is 3.20. The molecule has 0 aliphatic carbocycles. The molecule has 0 atom stereocenters. The van der Waals surface area contributed by atoms with E-state index in [9.17, 15) is 12.8 Å². The molecule has 5 nitrogen and oxygen atoms in total. The number of nitrogens with two attached hydrogens (primary N) is 1. The van der Waals surface area contributed by atoms with Gasteiger partial charge in [0.2, 0.25) is 10.0 Å². The van der Waals surface area contributed by atoms with E-state index in [1.54, 1.807) is 19.1 Å². The van der Waals surface area contributed by atoms with Crippen LogP contribution in [-0.2, 0) is 16.6 Å². The third-order valence-electron chi connectivity index (χ3n) is 2.93. The molecule has 2 N–H and O–H groups in total. The molecule has 0 unspecified atom stereocenters. The first kappa shape index (κ1) is 15.8. The number of hydrogen-bond acceptors (Lipinski definition) is 4. The summed E-state index contributed by atoms with van der Waals surface area (Å²) in [7, 11) is -3.90. The smallest absolute Gasteiger partial charge is 0.245 e. The average molecular weight is 333 g/mol. The first-order chi connectivity index (χ1) is 9.86. The molecular weight excluding hydrogens is 319 g/mol. The minimum atomic E-state index is -3.90. The fourth-order valence-corrected chi connectivity index (χ4v) is 3.76. The Labute approximate surface area is 127 Å². The van der Waals surface area contributed by atoms with Crippen LogP contribution in [0, 0.1) is 5.82 Å². The lowest BCUT2D eigenvalue weighted by Crippen LogP contribution is -2.30. The van der Waals surface area contributed by atoms with Gasteiger partial charge in [0.1, 0.15) is 16.5 Å². The lowest BCUT2D eigenvalue weighted by Gasteiger charge is -2.20. The Morgan fingerprint density at radius 2 is 2.14 bits per heavy atom. The highest BCUT2D eigenvalue weighted by Gasteiger charge is 2.27. The molecule has 1 aromatic heterocycles. The quantitative estimate of drug-likeness (QED) is 0.854. The molecule has 21 heavy (non-hydrogen) atoms. The van der Waals surface area contributed by atoms with E-state index in [2.05, 4.69) is 0 Å². The molecule has 0 spiro atoms. The highest BCUT2D eigenvalue weighted by molar-refractivity contribution is 7.89. The van der Waals surface area contributed by atoms with E-state index in [-0.39, 0.29) is 28.7 Å². The number of benzene rings is 1. The minimum absolute atomic E-state index is 0.0550. The Hall–Kier alpha value is -1.57. The number of hydrogen-bond donors (Lipinski definition) is 1. The van der Waals surface area contributed by atoms with Crippen LogP contribution in [0.4, 0.5) is 10.1 Å². The van der Waals surface area contributed by atoms with E-state index in [4.69, 9.17) is 21.8 Å². The summed E-state index contributed by atoms with van der Waals surface area (Å²) in [6.45, 7) is 1.94. The molecule has 0 bridgehead atoms. The van der Waals surface area contributed by atoms with Crippen molar-refractivity contribution in [2.24, 2.45) is 0 Å². The predicted molar refractivity (Wildman–Crippen MR) is 77.8 cm³/mol. The summed E-state index contributed by atoms with van der Waals surface area (Å²) in [5.74, 6) is -0.264. The van der Waals surface area contributed by atoms with Gasteiger partial charge in [-0.05, 0) is 24.3 Å². The standard InChI is InChI=1S/C13H14ClFN2O3S/c1-2-17(8-9-4-3-5-20-9)21(18,19)13-7-12(16)11(15)6-10(13)14/h3-7H,2,8,16H2,1H3. The highest BCUT2D eigenvalue weighted by Crippen LogP contribution is 2.29. The maximum Gasteiger partial charge on any atom is 0.245 e. The van der Waals surface area contributed by atoms with Crippen LogP contribution in [0.5, 0.6) is 0 Å². The summed E-state index contributed by atoms with van der Waals surface area (Å²) in [6, 6.07) is 5.25. The van der Waals surface area contributed by atoms with E-state index < -0.39 is 15.8 Å². The zero-order chi connectivity index (χ0) is 15.6. The highest BCUT2D eigenvalue weighted by atomic mass is 35.5. The second-order valence-electron chi connectivity index (χ2n) is 4.31. The fourth-order valence-electron chi connectivity index (χ4n) is 1.82. The molecule has 0 amide bonds. The summed E-state index contributed by atoms with van der Waals surface area (Å²) >= 11 is 5.84. The van der Waals surface area contributed by atoms with Crippen LogP contribution in [0.25, 0.3) is 0 Å². The lowest BCUT2D eigenvalue weighted by molar-refractivity contribution is 0.375. The Morgan fingerprint density at radius 1 is 1.43 bits per heavy atom. The third-order valence-corrected chi connectivity index (χ3v) is 5.32. The number of sulfonamides is 1. The van der Waals surface area contributed by atoms with Crippen LogP contribution in [-0.4, -0.2) is 19.3 Å². The largest absolute Gasteiger partial charge is 0.468 e. The van der Waals surface area contributed by atoms with Crippen molar-refractivity contribution in [3.8, 4) is 0 Å². The van der Waals surface area contributed by atoms with Gasteiger partial charge in [-0.3, -0.25) is 0 Å². The van der Waals surface area contributed by atoms with Crippen LogP contribution in [0.1, 0.15) is 12.7 Å². The molecule has 2 aromatic rings. The van der Waals surface area contributed by atoms with Gasteiger partial charge < -0.3 is 10.2 Å². The number of nitrogen functional groups attached to an aromatic ring is 1. The maximum absolute atomic E-state index is 13.3. The number of nitrogens with zero attached hydrogens (tertiary/aromatic N) is 1. The molecule has 2 rings (SSSR count). The normalized spacial score (nSPS) is 12.0. The number of furan rings is 1. The van der Waals surface area contributed by atoms with Crippen LogP contribution in [0.2, 0.25) is 5.02 Å². The zero-order valence-electron chi connectivity index (χ0n) is 11.2. The molecular formula is C13H14ClFN2O3S. The van der Waals surface area contributed by atoms with Crippen molar-refractivity contribution in [2.75, 3.05) is 12.3 Å². The summed E-state index contributed by atoms with van der Waals surface area (Å²) < 4.78 is 44.8. The molecule has 8 heteroatoms. The van der Waals surface area contributed by atoms with Crippen LogP contribution in [0.3, 0.4) is 0 Å². The summed E-state index contributed by atoms with van der Waals surface area (Å²) in [5, 5.41) is -0.209. The summed E-state index contributed by atoms with van der Waals surface area (Å²) in [4.78, 5) is -0.225. The second kappa shape index (κ2) is 6.05. The Kier molecular flexibility index (Phi) is 4.55. The molecule has 1 heterocycles.